The van der Waals surface area contributed by atoms with Crippen molar-refractivity contribution < 1.29 is 37.0 Å². The highest BCUT2D eigenvalue weighted by atomic mass is 19.4. The molecule has 1 aromatic heterocycles. The normalized spacial score (nSPS) is 13.4. The summed E-state index contributed by atoms with van der Waals surface area (Å²) in [6.45, 7) is 0. The molecule has 0 aliphatic rings. The SMILES string of the molecule is COc1ccc2c(C[C@@H](NC(=O)[C@H](O)c3ccc(C(F)(F)F)cc3)C(N)=O)cc(=O)oc2c1. The van der Waals surface area contributed by atoms with Gasteiger partial charge >= 0.3 is 11.8 Å². The third-order valence-corrected chi connectivity index (χ3v) is 4.92. The van der Waals surface area contributed by atoms with Crippen LogP contribution in [0.1, 0.15) is 22.8 Å². The Bertz CT molecular complexity index is 1240. The Hall–Kier alpha value is -3.86. The fourth-order valence-electron chi connectivity index (χ4n) is 3.21. The zero-order chi connectivity index (χ0) is 24.3. The van der Waals surface area contributed by atoms with Gasteiger partial charge in [-0.1, -0.05) is 12.1 Å². The summed E-state index contributed by atoms with van der Waals surface area (Å²) in [5.41, 5.74) is 4.16. The number of aliphatic hydroxyl groups excluding tert-OH is 1. The molecule has 8 nitrogen and oxygen atoms in total. The second kappa shape index (κ2) is 9.33. The number of hydrogen-bond acceptors (Lipinski definition) is 6. The van der Waals surface area contributed by atoms with E-state index in [1.54, 1.807) is 12.1 Å². The summed E-state index contributed by atoms with van der Waals surface area (Å²) in [5.74, 6) is -1.56. The van der Waals surface area contributed by atoms with Gasteiger partial charge in [-0.05, 0) is 35.4 Å². The van der Waals surface area contributed by atoms with Gasteiger partial charge in [-0.25, -0.2) is 4.79 Å². The summed E-state index contributed by atoms with van der Waals surface area (Å²) in [7, 11) is 1.43. The summed E-state index contributed by atoms with van der Waals surface area (Å²) in [6.07, 6.45) is -6.62. The predicted octanol–water partition coefficient (Wildman–Crippen LogP) is 2.07. The number of hydrogen-bond donors (Lipinski definition) is 3. The number of carbonyl (C=O) groups is 2. The molecule has 0 saturated carbocycles. The molecule has 2 aromatic carbocycles. The number of primary amides is 1. The van der Waals surface area contributed by atoms with Crippen molar-refractivity contribution in [3.05, 3.63) is 75.6 Å². The van der Waals surface area contributed by atoms with Gasteiger partial charge in [0.15, 0.2) is 6.10 Å². The standard InChI is InChI=1S/C22H19F3N2O6/c1-32-14-6-7-15-12(9-18(28)33-17(15)10-14)8-16(20(26)30)27-21(31)19(29)11-2-4-13(5-3-11)22(23,24)25/h2-7,9-10,16,19,29H,8H2,1H3,(H2,26,30)(H,27,31)/t16-,19-/m1/s1. The van der Waals surface area contributed by atoms with Crippen LogP contribution in [0.15, 0.2) is 57.7 Å². The quantitative estimate of drug-likeness (QED) is 0.459. The summed E-state index contributed by atoms with van der Waals surface area (Å²) in [6, 6.07) is 7.86. The van der Waals surface area contributed by atoms with E-state index in [2.05, 4.69) is 5.32 Å². The lowest BCUT2D eigenvalue weighted by Gasteiger charge is -2.19. The number of ether oxygens (including phenoxy) is 1. The van der Waals surface area contributed by atoms with Crippen molar-refractivity contribution in [1.29, 1.82) is 0 Å². The highest BCUT2D eigenvalue weighted by Crippen LogP contribution is 2.30. The molecular weight excluding hydrogens is 445 g/mol. The fraction of sp³-hybridized carbons (Fsp3) is 0.227. The minimum Gasteiger partial charge on any atom is -0.497 e. The van der Waals surface area contributed by atoms with E-state index in [0.29, 0.717) is 16.7 Å². The Morgan fingerprint density at radius 3 is 2.39 bits per heavy atom. The molecule has 174 valence electrons. The minimum atomic E-state index is -4.57. The molecule has 33 heavy (non-hydrogen) atoms. The number of alkyl halides is 3. The average molecular weight is 464 g/mol. The third kappa shape index (κ3) is 5.50. The van der Waals surface area contributed by atoms with Crippen LogP contribution in [-0.2, 0) is 22.2 Å². The van der Waals surface area contributed by atoms with E-state index in [4.69, 9.17) is 14.9 Å². The van der Waals surface area contributed by atoms with Gasteiger partial charge in [0.1, 0.15) is 17.4 Å². The molecular formula is C22H19F3N2O6. The molecule has 0 saturated heterocycles. The van der Waals surface area contributed by atoms with Crippen molar-refractivity contribution in [3.8, 4) is 5.75 Å². The lowest BCUT2D eigenvalue weighted by molar-refractivity contribution is -0.137. The van der Waals surface area contributed by atoms with E-state index >= 15 is 0 Å². The number of fused-ring (bicyclic) bond motifs is 1. The van der Waals surface area contributed by atoms with Gasteiger partial charge in [0.25, 0.3) is 5.91 Å². The Morgan fingerprint density at radius 1 is 1.15 bits per heavy atom. The molecule has 3 rings (SSSR count). The van der Waals surface area contributed by atoms with Gasteiger partial charge in [0.2, 0.25) is 5.91 Å². The van der Waals surface area contributed by atoms with E-state index in [1.165, 1.54) is 13.2 Å². The molecule has 4 N–H and O–H groups in total. The Morgan fingerprint density at radius 2 is 1.82 bits per heavy atom. The van der Waals surface area contributed by atoms with Crippen molar-refractivity contribution in [3.63, 3.8) is 0 Å². The monoisotopic (exact) mass is 464 g/mol. The van der Waals surface area contributed by atoms with Gasteiger partial charge in [-0.3, -0.25) is 9.59 Å². The Labute approximate surface area is 184 Å². The van der Waals surface area contributed by atoms with Crippen molar-refractivity contribution in [2.45, 2.75) is 24.7 Å². The van der Waals surface area contributed by atoms with Crippen LogP contribution in [0.4, 0.5) is 13.2 Å². The van der Waals surface area contributed by atoms with Crippen LogP contribution >= 0.6 is 0 Å². The predicted molar refractivity (Wildman–Crippen MR) is 110 cm³/mol. The second-order valence-corrected chi connectivity index (χ2v) is 7.14. The topological polar surface area (TPSA) is 132 Å². The maximum absolute atomic E-state index is 12.7. The van der Waals surface area contributed by atoms with Crippen LogP contribution in [0, 0.1) is 0 Å². The summed E-state index contributed by atoms with van der Waals surface area (Å²) in [4.78, 5) is 36.3. The Balaban J connectivity index is 1.82. The number of carbonyl (C=O) groups excluding carboxylic acids is 2. The van der Waals surface area contributed by atoms with Crippen LogP contribution in [0.2, 0.25) is 0 Å². The highest BCUT2D eigenvalue weighted by Gasteiger charge is 2.31. The van der Waals surface area contributed by atoms with Gasteiger partial charge in [0, 0.05) is 23.9 Å². The molecule has 0 fully saturated rings. The number of benzene rings is 2. The third-order valence-electron chi connectivity index (χ3n) is 4.92. The number of rotatable bonds is 7. The van der Waals surface area contributed by atoms with Crippen molar-refractivity contribution in [2.75, 3.05) is 7.11 Å². The molecule has 2 atom stereocenters. The summed E-state index contributed by atoms with van der Waals surface area (Å²) < 4.78 is 48.3. The molecule has 0 radical (unpaired) electrons. The molecule has 0 aliphatic heterocycles. The van der Waals surface area contributed by atoms with Crippen molar-refractivity contribution in [1.82, 2.24) is 5.32 Å². The largest absolute Gasteiger partial charge is 0.497 e. The van der Waals surface area contributed by atoms with Crippen molar-refractivity contribution >= 4 is 22.8 Å². The first kappa shape index (κ1) is 23.8. The van der Waals surface area contributed by atoms with E-state index < -0.39 is 41.3 Å². The smallest absolute Gasteiger partial charge is 0.416 e. The first-order valence-electron chi connectivity index (χ1n) is 9.55. The number of methoxy groups -OCH3 is 1. The van der Waals surface area contributed by atoms with Gasteiger partial charge < -0.3 is 25.3 Å². The van der Waals surface area contributed by atoms with Crippen LogP contribution in [0.25, 0.3) is 11.0 Å². The molecule has 0 spiro atoms. The zero-order valence-electron chi connectivity index (χ0n) is 17.2. The molecule has 1 heterocycles. The average Bonchev–Trinajstić information content (AvgIpc) is 2.76. The van der Waals surface area contributed by atoms with Crippen LogP contribution in [0.3, 0.4) is 0 Å². The van der Waals surface area contributed by atoms with E-state index in [1.807, 2.05) is 0 Å². The van der Waals surface area contributed by atoms with Crippen LogP contribution in [-0.4, -0.2) is 30.1 Å². The minimum absolute atomic E-state index is 0.110. The number of nitrogens with one attached hydrogen (secondary N) is 1. The maximum atomic E-state index is 12.7. The number of halogens is 3. The van der Waals surface area contributed by atoms with Crippen LogP contribution < -0.4 is 21.4 Å². The van der Waals surface area contributed by atoms with E-state index in [0.717, 1.165) is 30.3 Å². The first-order valence-corrected chi connectivity index (χ1v) is 9.55. The lowest BCUT2D eigenvalue weighted by atomic mass is 10.0. The molecule has 3 aromatic rings. The maximum Gasteiger partial charge on any atom is 0.416 e. The lowest BCUT2D eigenvalue weighted by Crippen LogP contribution is -2.47. The molecule has 0 unspecified atom stereocenters. The number of aliphatic hydroxyl groups is 1. The molecule has 2 amide bonds. The first-order chi connectivity index (χ1) is 15.5. The van der Waals surface area contributed by atoms with Crippen molar-refractivity contribution in [2.24, 2.45) is 5.73 Å². The summed E-state index contributed by atoms with van der Waals surface area (Å²) >= 11 is 0. The molecule has 11 heteroatoms. The Kier molecular flexibility index (Phi) is 6.73. The number of nitrogens with two attached hydrogens (primary N) is 1. The fourth-order valence-corrected chi connectivity index (χ4v) is 3.21. The highest BCUT2D eigenvalue weighted by molar-refractivity contribution is 5.90. The molecule has 0 aliphatic carbocycles. The second-order valence-electron chi connectivity index (χ2n) is 7.14. The van der Waals surface area contributed by atoms with E-state index in [9.17, 15) is 32.7 Å². The van der Waals surface area contributed by atoms with Gasteiger partial charge in [-0.2, -0.15) is 13.2 Å². The molecule has 0 bridgehead atoms. The van der Waals surface area contributed by atoms with Gasteiger partial charge in [0.05, 0.1) is 12.7 Å². The van der Waals surface area contributed by atoms with E-state index in [-0.39, 0.29) is 17.6 Å². The number of amides is 2. The van der Waals surface area contributed by atoms with Crippen LogP contribution in [0.5, 0.6) is 5.75 Å². The van der Waals surface area contributed by atoms with Gasteiger partial charge in [-0.15, -0.1) is 0 Å². The zero-order valence-corrected chi connectivity index (χ0v) is 17.2. The summed E-state index contributed by atoms with van der Waals surface area (Å²) in [5, 5.41) is 13.0.